The zero-order chi connectivity index (χ0) is 15.0. The van der Waals surface area contributed by atoms with Crippen LogP contribution in [0.1, 0.15) is 90.9 Å². The van der Waals surface area contributed by atoms with E-state index < -0.39 is 7.82 Å². The smallest absolute Gasteiger partial charge is 0.0533 e. The molecule has 0 N–H and O–H groups in total. The molecule has 0 radical (unpaired) electrons. The molecule has 19 heavy (non-hydrogen) atoms. The predicted octanol–water partition coefficient (Wildman–Crippen LogP) is 2.88. The summed E-state index contributed by atoms with van der Waals surface area (Å²) < 4.78 is 8.55. The summed E-state index contributed by atoms with van der Waals surface area (Å²) in [5.41, 5.74) is 0. The third-order valence-electron chi connectivity index (χ3n) is 2.96. The maximum Gasteiger partial charge on any atom is -0.0533 e. The molecule has 0 amide bonds. The zero-order valence-corrected chi connectivity index (χ0v) is 13.5. The van der Waals surface area contributed by atoms with Gasteiger partial charge in [-0.2, -0.15) is 7.82 Å². The fourth-order valence-corrected chi connectivity index (χ4v) is 1.91. The topological polar surface area (TPSA) is 86.2 Å². The van der Waals surface area contributed by atoms with Crippen molar-refractivity contribution in [2.24, 2.45) is 0 Å². The van der Waals surface area contributed by atoms with E-state index >= 15 is 0 Å². The van der Waals surface area contributed by atoms with Crippen LogP contribution in [0.5, 0.6) is 0 Å². The average molecular weight is 293 g/mol. The Labute approximate surface area is 118 Å². The number of hydrogen-bond donors (Lipinski definition) is 0. The van der Waals surface area contributed by atoms with Gasteiger partial charge >= 0.3 is 0 Å². The number of rotatable bonds is 11. The average Bonchev–Trinajstić information content (AvgIpc) is 2.29. The molecular formula is C14H30O4P-3. The molecule has 0 saturated heterocycles. The first-order valence-electron chi connectivity index (χ1n) is 7.64. The molecule has 0 aromatic rings. The Balaban J connectivity index is 0. The molecule has 0 heterocycles. The Kier molecular flexibility index (Phi) is 18.2. The van der Waals surface area contributed by atoms with Crippen molar-refractivity contribution in [3.8, 4) is 0 Å². The van der Waals surface area contributed by atoms with E-state index in [4.69, 9.17) is 19.2 Å². The van der Waals surface area contributed by atoms with Gasteiger partial charge < -0.3 is 19.2 Å². The highest BCUT2D eigenvalue weighted by Gasteiger charge is 1.91. The molecular weight excluding hydrogens is 263 g/mol. The third kappa shape index (κ3) is 38.1. The van der Waals surface area contributed by atoms with Gasteiger partial charge in [0.2, 0.25) is 0 Å². The van der Waals surface area contributed by atoms with Crippen LogP contribution in [-0.4, -0.2) is 0 Å². The van der Waals surface area contributed by atoms with E-state index in [0.717, 1.165) is 0 Å². The molecule has 0 atom stereocenters. The Hall–Kier alpha value is 0.110. The minimum absolute atomic E-state index is 1.37. The van der Waals surface area contributed by atoms with Gasteiger partial charge in [-0.3, -0.25) is 0 Å². The van der Waals surface area contributed by atoms with Crippen molar-refractivity contribution in [3.63, 3.8) is 0 Å². The zero-order valence-electron chi connectivity index (χ0n) is 12.6. The summed E-state index contributed by atoms with van der Waals surface area (Å²) in [6.07, 6.45) is 17.4. The van der Waals surface area contributed by atoms with Crippen molar-refractivity contribution in [1.29, 1.82) is 0 Å². The van der Waals surface area contributed by atoms with Gasteiger partial charge in [0.1, 0.15) is 0 Å². The first-order chi connectivity index (χ1) is 8.91. The highest BCUT2D eigenvalue weighted by atomic mass is 31.2. The van der Waals surface area contributed by atoms with Crippen LogP contribution in [0.15, 0.2) is 0 Å². The molecule has 0 aliphatic heterocycles. The third-order valence-corrected chi connectivity index (χ3v) is 2.96. The van der Waals surface area contributed by atoms with Crippen molar-refractivity contribution < 1.29 is 19.2 Å². The van der Waals surface area contributed by atoms with Crippen molar-refractivity contribution in [2.45, 2.75) is 90.9 Å². The molecule has 0 rings (SSSR count). The second kappa shape index (κ2) is 16.2. The van der Waals surface area contributed by atoms with E-state index in [-0.39, 0.29) is 0 Å². The molecule has 5 heteroatoms. The normalized spacial score (nSPS) is 11.0. The maximum absolute atomic E-state index is 8.55. The van der Waals surface area contributed by atoms with Gasteiger partial charge in [0, 0.05) is 0 Å². The summed E-state index contributed by atoms with van der Waals surface area (Å²) in [4.78, 5) is 25.6. The van der Waals surface area contributed by atoms with Crippen LogP contribution in [0.3, 0.4) is 0 Å². The van der Waals surface area contributed by atoms with Gasteiger partial charge in [-0.1, -0.05) is 90.9 Å². The number of phosphoric acid groups is 1. The fraction of sp³-hybridized carbons (Fsp3) is 1.00. The molecule has 0 fully saturated rings. The van der Waals surface area contributed by atoms with E-state index in [9.17, 15) is 0 Å². The minimum Gasteiger partial charge on any atom is -0.822 e. The van der Waals surface area contributed by atoms with E-state index in [0.29, 0.717) is 0 Å². The van der Waals surface area contributed by atoms with Gasteiger partial charge in [-0.15, -0.1) is 0 Å². The Morgan fingerprint density at radius 1 is 0.579 bits per heavy atom. The molecule has 0 spiro atoms. The molecule has 0 aromatic heterocycles. The Morgan fingerprint density at radius 3 is 0.895 bits per heavy atom. The fourth-order valence-electron chi connectivity index (χ4n) is 1.91. The first kappa shape index (κ1) is 21.4. The quantitative estimate of drug-likeness (QED) is 0.433. The second-order valence-corrected chi connectivity index (χ2v) is 5.88. The molecule has 0 unspecified atom stereocenters. The number of unbranched alkanes of at least 4 members (excludes halogenated alkanes) is 11. The van der Waals surface area contributed by atoms with Gasteiger partial charge in [0.25, 0.3) is 0 Å². The summed E-state index contributed by atoms with van der Waals surface area (Å²) in [7, 11) is -5.39. The summed E-state index contributed by atoms with van der Waals surface area (Å²) >= 11 is 0. The van der Waals surface area contributed by atoms with Gasteiger partial charge in [-0.25, -0.2) is 0 Å². The van der Waals surface area contributed by atoms with Crippen LogP contribution in [0.4, 0.5) is 0 Å². The van der Waals surface area contributed by atoms with Crippen molar-refractivity contribution in [3.05, 3.63) is 0 Å². The molecule has 0 aliphatic carbocycles. The van der Waals surface area contributed by atoms with Gasteiger partial charge in [-0.05, 0) is 0 Å². The summed E-state index contributed by atoms with van der Waals surface area (Å²) in [5.74, 6) is 0. The number of hydrogen-bond acceptors (Lipinski definition) is 4. The van der Waals surface area contributed by atoms with E-state index in [2.05, 4.69) is 13.8 Å². The lowest BCUT2D eigenvalue weighted by Gasteiger charge is -2.36. The van der Waals surface area contributed by atoms with Crippen LogP contribution >= 0.6 is 7.82 Å². The van der Waals surface area contributed by atoms with Crippen LogP contribution in [0.2, 0.25) is 0 Å². The van der Waals surface area contributed by atoms with Gasteiger partial charge in [0.05, 0.1) is 0 Å². The Bertz CT molecular complexity index is 183. The molecule has 118 valence electrons. The van der Waals surface area contributed by atoms with Crippen molar-refractivity contribution in [2.75, 3.05) is 0 Å². The SMILES string of the molecule is CCCCCCCCCCCCCC.O=P([O-])([O-])[O-]. The highest BCUT2D eigenvalue weighted by molar-refractivity contribution is 7.40. The predicted molar refractivity (Wildman–Crippen MR) is 74.4 cm³/mol. The van der Waals surface area contributed by atoms with Crippen LogP contribution in [0.25, 0.3) is 0 Å². The molecule has 0 aliphatic rings. The molecule has 0 bridgehead atoms. The largest absolute Gasteiger partial charge is 0.822 e. The van der Waals surface area contributed by atoms with Crippen molar-refractivity contribution in [1.82, 2.24) is 0 Å². The van der Waals surface area contributed by atoms with Gasteiger partial charge in [0.15, 0.2) is 0 Å². The summed E-state index contributed by atoms with van der Waals surface area (Å²) in [5, 5.41) is 0. The molecule has 0 saturated carbocycles. The minimum atomic E-state index is -5.39. The van der Waals surface area contributed by atoms with E-state index in [1.807, 2.05) is 0 Å². The van der Waals surface area contributed by atoms with Crippen LogP contribution in [0, 0.1) is 0 Å². The van der Waals surface area contributed by atoms with Crippen LogP contribution < -0.4 is 14.7 Å². The summed E-state index contributed by atoms with van der Waals surface area (Å²) in [6, 6.07) is 0. The lowest BCUT2D eigenvalue weighted by molar-refractivity contribution is -0.432. The highest BCUT2D eigenvalue weighted by Crippen LogP contribution is 2.11. The molecule has 4 nitrogen and oxygen atoms in total. The summed E-state index contributed by atoms with van der Waals surface area (Å²) in [6.45, 7) is 4.57. The first-order valence-corrected chi connectivity index (χ1v) is 9.11. The van der Waals surface area contributed by atoms with E-state index in [1.165, 1.54) is 77.0 Å². The lowest BCUT2D eigenvalue weighted by atomic mass is 10.1. The Morgan fingerprint density at radius 2 is 0.737 bits per heavy atom. The van der Waals surface area contributed by atoms with Crippen LogP contribution in [-0.2, 0) is 4.57 Å². The van der Waals surface area contributed by atoms with E-state index in [1.54, 1.807) is 0 Å². The molecule has 0 aromatic carbocycles. The maximum atomic E-state index is 8.55. The lowest BCUT2D eigenvalue weighted by Crippen LogP contribution is -2.24. The monoisotopic (exact) mass is 293 g/mol. The second-order valence-electron chi connectivity index (χ2n) is 4.98. The van der Waals surface area contributed by atoms with Crippen molar-refractivity contribution >= 4 is 7.82 Å². The standard InChI is InChI=1S/C14H30.H3O4P/c1-3-5-7-9-11-13-14-12-10-8-6-4-2;1-5(2,3)4/h3-14H2,1-2H3;(H3,1,2,3,4)/p-3.